The summed E-state index contributed by atoms with van der Waals surface area (Å²) in [5.74, 6) is 0.0635. The molecule has 5 heteroatoms. The van der Waals surface area contributed by atoms with E-state index in [-0.39, 0.29) is 11.8 Å². The third-order valence-corrected chi connectivity index (χ3v) is 3.41. The van der Waals surface area contributed by atoms with Gasteiger partial charge in [0.1, 0.15) is 0 Å². The molecule has 112 valence electrons. The topological polar surface area (TPSA) is 72.9 Å². The van der Waals surface area contributed by atoms with Gasteiger partial charge in [-0.2, -0.15) is 5.10 Å². The minimum atomic E-state index is -0.00211. The van der Waals surface area contributed by atoms with Crippen molar-refractivity contribution >= 4 is 5.91 Å². The van der Waals surface area contributed by atoms with Gasteiger partial charge in [-0.3, -0.25) is 4.79 Å². The lowest BCUT2D eigenvalue weighted by molar-refractivity contribution is -0.124. The second-order valence-corrected chi connectivity index (χ2v) is 5.18. The number of hydrogen-bond donors (Lipinski definition) is 2. The number of para-hydroxylation sites is 1. The van der Waals surface area contributed by atoms with Crippen molar-refractivity contribution in [2.75, 3.05) is 6.54 Å². The SMILES string of the molecule is CC(CCCN)C(=O)NCc1cnn(-c2ccccc2)c1. The van der Waals surface area contributed by atoms with Crippen LogP contribution in [0.5, 0.6) is 0 Å². The van der Waals surface area contributed by atoms with Gasteiger partial charge in [-0.1, -0.05) is 25.1 Å². The molecule has 2 rings (SSSR count). The van der Waals surface area contributed by atoms with Crippen molar-refractivity contribution < 1.29 is 4.79 Å². The van der Waals surface area contributed by atoms with Gasteiger partial charge in [0.05, 0.1) is 11.9 Å². The fraction of sp³-hybridized carbons (Fsp3) is 0.375. The molecule has 5 nitrogen and oxygen atoms in total. The summed E-state index contributed by atoms with van der Waals surface area (Å²) in [6, 6.07) is 9.89. The maximum atomic E-state index is 11.9. The molecule has 1 aromatic heterocycles. The average molecular weight is 286 g/mol. The highest BCUT2D eigenvalue weighted by atomic mass is 16.1. The molecule has 0 fully saturated rings. The lowest BCUT2D eigenvalue weighted by atomic mass is 10.0. The Kier molecular flexibility index (Phi) is 5.51. The summed E-state index contributed by atoms with van der Waals surface area (Å²) < 4.78 is 1.80. The molecule has 0 radical (unpaired) electrons. The van der Waals surface area contributed by atoms with Gasteiger partial charge in [-0.25, -0.2) is 4.68 Å². The Balaban J connectivity index is 1.87. The van der Waals surface area contributed by atoms with Crippen LogP contribution < -0.4 is 11.1 Å². The van der Waals surface area contributed by atoms with Gasteiger partial charge in [-0.15, -0.1) is 0 Å². The standard InChI is InChI=1S/C16H22N4O/c1-13(6-5-9-17)16(21)18-10-14-11-19-20(12-14)15-7-3-2-4-8-15/h2-4,7-8,11-13H,5-6,9-10,17H2,1H3,(H,18,21). The second kappa shape index (κ2) is 7.59. The highest BCUT2D eigenvalue weighted by Crippen LogP contribution is 2.08. The molecule has 0 bridgehead atoms. The fourth-order valence-electron chi connectivity index (χ4n) is 2.09. The van der Waals surface area contributed by atoms with E-state index in [1.807, 2.05) is 43.5 Å². The maximum absolute atomic E-state index is 11.9. The number of benzene rings is 1. The number of hydrogen-bond acceptors (Lipinski definition) is 3. The summed E-state index contributed by atoms with van der Waals surface area (Å²) in [5.41, 5.74) is 7.45. The highest BCUT2D eigenvalue weighted by molar-refractivity contribution is 5.78. The summed E-state index contributed by atoms with van der Waals surface area (Å²) in [7, 11) is 0. The zero-order valence-corrected chi connectivity index (χ0v) is 12.3. The predicted molar refractivity (Wildman–Crippen MR) is 82.9 cm³/mol. The van der Waals surface area contributed by atoms with E-state index in [0.29, 0.717) is 13.1 Å². The molecule has 1 unspecified atom stereocenters. The summed E-state index contributed by atoms with van der Waals surface area (Å²) >= 11 is 0. The van der Waals surface area contributed by atoms with Crippen LogP contribution >= 0.6 is 0 Å². The molecule has 0 aliphatic heterocycles. The van der Waals surface area contributed by atoms with Crippen molar-refractivity contribution in [3.05, 3.63) is 48.3 Å². The zero-order valence-electron chi connectivity index (χ0n) is 12.3. The van der Waals surface area contributed by atoms with Gasteiger partial charge in [0, 0.05) is 24.2 Å². The van der Waals surface area contributed by atoms with Crippen LogP contribution in [0.3, 0.4) is 0 Å². The first-order chi connectivity index (χ1) is 10.2. The quantitative estimate of drug-likeness (QED) is 0.816. The molecule has 3 N–H and O–H groups in total. The van der Waals surface area contributed by atoms with Crippen LogP contribution in [0.15, 0.2) is 42.7 Å². The largest absolute Gasteiger partial charge is 0.352 e. The minimum Gasteiger partial charge on any atom is -0.352 e. The van der Waals surface area contributed by atoms with Crippen molar-refractivity contribution in [3.63, 3.8) is 0 Å². The Bertz CT molecular complexity index is 565. The first-order valence-electron chi connectivity index (χ1n) is 7.27. The first kappa shape index (κ1) is 15.3. The molecule has 0 spiro atoms. The molecule has 0 aliphatic rings. The zero-order chi connectivity index (χ0) is 15.1. The Morgan fingerprint density at radius 2 is 2.14 bits per heavy atom. The van der Waals surface area contributed by atoms with Crippen molar-refractivity contribution in [2.45, 2.75) is 26.3 Å². The second-order valence-electron chi connectivity index (χ2n) is 5.18. The number of nitrogens with one attached hydrogen (secondary N) is 1. The van der Waals surface area contributed by atoms with Crippen molar-refractivity contribution in [2.24, 2.45) is 11.7 Å². The maximum Gasteiger partial charge on any atom is 0.223 e. The summed E-state index contributed by atoms with van der Waals surface area (Å²) in [5, 5.41) is 7.25. The summed E-state index contributed by atoms with van der Waals surface area (Å²) in [4.78, 5) is 11.9. The third kappa shape index (κ3) is 4.43. The van der Waals surface area contributed by atoms with E-state index in [9.17, 15) is 4.79 Å². The van der Waals surface area contributed by atoms with E-state index in [1.165, 1.54) is 0 Å². The summed E-state index contributed by atoms with van der Waals surface area (Å²) in [6.07, 6.45) is 5.41. The lowest BCUT2D eigenvalue weighted by Crippen LogP contribution is -2.28. The molecule has 0 aliphatic carbocycles. The van der Waals surface area contributed by atoms with E-state index in [4.69, 9.17) is 5.73 Å². The van der Waals surface area contributed by atoms with Gasteiger partial charge in [0.25, 0.3) is 0 Å². The summed E-state index contributed by atoms with van der Waals surface area (Å²) in [6.45, 7) is 3.05. The van der Waals surface area contributed by atoms with E-state index >= 15 is 0 Å². The number of nitrogens with two attached hydrogens (primary N) is 1. The Hall–Kier alpha value is -2.14. The molecule has 1 amide bonds. The van der Waals surface area contributed by atoms with Crippen molar-refractivity contribution in [1.82, 2.24) is 15.1 Å². The monoisotopic (exact) mass is 286 g/mol. The predicted octanol–water partition coefficient (Wildman–Crippen LogP) is 1.86. The van der Waals surface area contributed by atoms with Crippen LogP contribution in [0.25, 0.3) is 5.69 Å². The fourth-order valence-corrected chi connectivity index (χ4v) is 2.09. The van der Waals surface area contributed by atoms with E-state index in [0.717, 1.165) is 24.1 Å². The van der Waals surface area contributed by atoms with Crippen LogP contribution in [-0.4, -0.2) is 22.2 Å². The number of carbonyl (C=O) groups excluding carboxylic acids is 1. The Morgan fingerprint density at radius 3 is 2.86 bits per heavy atom. The minimum absolute atomic E-state index is 0.00211. The van der Waals surface area contributed by atoms with Gasteiger partial charge in [0.2, 0.25) is 5.91 Å². The molecule has 2 aromatic rings. The smallest absolute Gasteiger partial charge is 0.223 e. The average Bonchev–Trinajstić information content (AvgIpc) is 3.00. The molecule has 1 heterocycles. The molecule has 0 saturated heterocycles. The number of nitrogens with zero attached hydrogens (tertiary/aromatic N) is 2. The van der Waals surface area contributed by atoms with E-state index < -0.39 is 0 Å². The molecular formula is C16H22N4O. The first-order valence-corrected chi connectivity index (χ1v) is 7.27. The number of amides is 1. The highest BCUT2D eigenvalue weighted by Gasteiger charge is 2.12. The van der Waals surface area contributed by atoms with Gasteiger partial charge in [0.15, 0.2) is 0 Å². The lowest BCUT2D eigenvalue weighted by Gasteiger charge is -2.10. The Labute approximate surface area is 125 Å². The van der Waals surface area contributed by atoms with Crippen molar-refractivity contribution in [3.8, 4) is 5.69 Å². The van der Waals surface area contributed by atoms with Crippen LogP contribution in [0, 0.1) is 5.92 Å². The van der Waals surface area contributed by atoms with Crippen LogP contribution in [0.2, 0.25) is 0 Å². The van der Waals surface area contributed by atoms with E-state index in [1.54, 1.807) is 10.9 Å². The molecule has 0 saturated carbocycles. The number of carbonyl (C=O) groups is 1. The number of aromatic nitrogens is 2. The molecule has 1 atom stereocenters. The van der Waals surface area contributed by atoms with Crippen LogP contribution in [0.1, 0.15) is 25.3 Å². The molecular weight excluding hydrogens is 264 g/mol. The van der Waals surface area contributed by atoms with Gasteiger partial charge < -0.3 is 11.1 Å². The van der Waals surface area contributed by atoms with Crippen LogP contribution in [0.4, 0.5) is 0 Å². The van der Waals surface area contributed by atoms with Crippen LogP contribution in [-0.2, 0) is 11.3 Å². The Morgan fingerprint density at radius 1 is 1.38 bits per heavy atom. The van der Waals surface area contributed by atoms with Gasteiger partial charge >= 0.3 is 0 Å². The number of rotatable bonds is 7. The van der Waals surface area contributed by atoms with Crippen molar-refractivity contribution in [1.29, 1.82) is 0 Å². The van der Waals surface area contributed by atoms with E-state index in [2.05, 4.69) is 10.4 Å². The molecule has 1 aromatic carbocycles. The normalized spacial score (nSPS) is 12.1. The van der Waals surface area contributed by atoms with Gasteiger partial charge in [-0.05, 0) is 31.5 Å². The molecule has 21 heavy (non-hydrogen) atoms. The third-order valence-electron chi connectivity index (χ3n) is 3.41.